The molecule has 0 heterocycles. The molecule has 0 aliphatic heterocycles. The van der Waals surface area contributed by atoms with Gasteiger partial charge in [0.1, 0.15) is 12.2 Å². The van der Waals surface area contributed by atoms with E-state index in [1.165, 1.54) is 11.8 Å². The molecule has 7 heteroatoms. The number of amidine groups is 1. The maximum Gasteiger partial charge on any atom is 0.324 e. The van der Waals surface area contributed by atoms with Crippen molar-refractivity contribution in [2.45, 2.75) is 31.6 Å². The predicted octanol–water partition coefficient (Wildman–Crippen LogP) is 1.08. The third-order valence-electron chi connectivity index (χ3n) is 2.75. The summed E-state index contributed by atoms with van der Waals surface area (Å²) in [4.78, 5) is 11.1. The van der Waals surface area contributed by atoms with Crippen LogP contribution >= 0.6 is 11.8 Å². The number of carboxylic acid groups (broad SMARTS) is 1. The highest BCUT2D eigenvalue weighted by Crippen LogP contribution is 2.23. The number of alkyl halides is 1. The number of hydrogen-bond donors (Lipinski definition) is 4. The molecule has 0 aromatic rings. The fraction of sp³-hybridized carbons (Fsp3) is 0.818. The smallest absolute Gasteiger partial charge is 0.324 e. The van der Waals surface area contributed by atoms with Gasteiger partial charge in [-0.3, -0.25) is 10.2 Å². The van der Waals surface area contributed by atoms with Crippen LogP contribution in [0.15, 0.2) is 0 Å². The Labute approximate surface area is 111 Å². The molecule has 2 atom stereocenters. The summed E-state index contributed by atoms with van der Waals surface area (Å²) in [5, 5.41) is 18.6. The Kier molecular flexibility index (Phi) is 7.23. The molecule has 5 nitrogen and oxygen atoms in total. The molecule has 0 bridgehead atoms. The molecule has 0 saturated carbocycles. The van der Waals surface area contributed by atoms with E-state index in [1.54, 1.807) is 20.8 Å². The highest BCUT2D eigenvalue weighted by Gasteiger charge is 2.38. The fourth-order valence-corrected chi connectivity index (χ4v) is 2.41. The number of carboxylic acids is 1. The van der Waals surface area contributed by atoms with Gasteiger partial charge in [-0.2, -0.15) is 11.8 Å². The van der Waals surface area contributed by atoms with Crippen LogP contribution in [0.1, 0.15) is 20.8 Å². The van der Waals surface area contributed by atoms with Crippen LogP contribution < -0.4 is 11.1 Å². The Morgan fingerprint density at radius 3 is 2.50 bits per heavy atom. The zero-order chi connectivity index (χ0) is 14.3. The second-order valence-electron chi connectivity index (χ2n) is 4.59. The number of aliphatic carboxylic acids is 1. The SMILES string of the molecule is CC(=N)NC[C@@H](CF)SC[C@](N)(C(=O)O)C(C)C. The number of halogens is 1. The quantitative estimate of drug-likeness (QED) is 0.393. The van der Waals surface area contributed by atoms with E-state index in [4.69, 9.17) is 16.2 Å². The molecule has 18 heavy (non-hydrogen) atoms. The molecule has 0 unspecified atom stereocenters. The van der Waals surface area contributed by atoms with Crippen molar-refractivity contribution < 1.29 is 14.3 Å². The third-order valence-corrected chi connectivity index (χ3v) is 4.16. The Hall–Kier alpha value is -0.820. The van der Waals surface area contributed by atoms with Gasteiger partial charge in [0.2, 0.25) is 0 Å². The lowest BCUT2D eigenvalue weighted by Crippen LogP contribution is -2.55. The summed E-state index contributed by atoms with van der Waals surface area (Å²) in [6.45, 7) is 4.75. The van der Waals surface area contributed by atoms with Crippen LogP contribution in [0.4, 0.5) is 4.39 Å². The molecule has 0 amide bonds. The first-order valence-electron chi connectivity index (χ1n) is 5.73. The third kappa shape index (κ3) is 5.22. The van der Waals surface area contributed by atoms with Gasteiger partial charge in [-0.15, -0.1) is 0 Å². The number of carbonyl (C=O) groups is 1. The van der Waals surface area contributed by atoms with Gasteiger partial charge in [-0.05, 0) is 12.8 Å². The van der Waals surface area contributed by atoms with Crippen molar-refractivity contribution in [3.05, 3.63) is 0 Å². The lowest BCUT2D eigenvalue weighted by molar-refractivity contribution is -0.144. The van der Waals surface area contributed by atoms with Crippen molar-refractivity contribution in [2.24, 2.45) is 11.7 Å². The van der Waals surface area contributed by atoms with Crippen molar-refractivity contribution in [1.29, 1.82) is 5.41 Å². The van der Waals surface area contributed by atoms with Crippen LogP contribution in [-0.4, -0.2) is 46.7 Å². The largest absolute Gasteiger partial charge is 0.480 e. The molecule has 0 fully saturated rings. The van der Waals surface area contributed by atoms with Crippen LogP contribution in [0, 0.1) is 11.3 Å². The molecule has 0 rings (SSSR count). The summed E-state index contributed by atoms with van der Waals surface area (Å²) in [5.41, 5.74) is 4.49. The number of nitrogens with two attached hydrogens (primary N) is 1. The lowest BCUT2D eigenvalue weighted by atomic mass is 9.90. The van der Waals surface area contributed by atoms with E-state index in [-0.39, 0.29) is 17.5 Å². The molecule has 0 spiro atoms. The normalized spacial score (nSPS) is 16.1. The number of rotatable bonds is 8. The van der Waals surface area contributed by atoms with Crippen LogP contribution in [0.25, 0.3) is 0 Å². The topological polar surface area (TPSA) is 99.2 Å². The molecular weight excluding hydrogens is 257 g/mol. The second-order valence-corrected chi connectivity index (χ2v) is 5.88. The molecule has 0 aromatic heterocycles. The van der Waals surface area contributed by atoms with Gasteiger partial charge in [0.15, 0.2) is 0 Å². The molecule has 106 valence electrons. The number of hydrogen-bond acceptors (Lipinski definition) is 4. The van der Waals surface area contributed by atoms with Crippen LogP contribution in [-0.2, 0) is 4.79 Å². The first-order valence-corrected chi connectivity index (χ1v) is 6.77. The first kappa shape index (κ1) is 17.2. The van der Waals surface area contributed by atoms with Crippen LogP contribution in [0.2, 0.25) is 0 Å². The van der Waals surface area contributed by atoms with E-state index in [1.807, 2.05) is 0 Å². The Morgan fingerprint density at radius 2 is 2.17 bits per heavy atom. The number of nitrogens with one attached hydrogen (secondary N) is 2. The molecule has 5 N–H and O–H groups in total. The minimum Gasteiger partial charge on any atom is -0.480 e. The first-order chi connectivity index (χ1) is 8.24. The zero-order valence-electron chi connectivity index (χ0n) is 11.0. The maximum absolute atomic E-state index is 12.8. The average molecular weight is 279 g/mol. The van der Waals surface area contributed by atoms with E-state index < -0.39 is 23.4 Å². The molecule has 0 aromatic carbocycles. The van der Waals surface area contributed by atoms with Gasteiger partial charge in [0, 0.05) is 12.3 Å². The summed E-state index contributed by atoms with van der Waals surface area (Å²) in [7, 11) is 0. The Balaban J connectivity index is 4.40. The lowest BCUT2D eigenvalue weighted by Gasteiger charge is -2.29. The van der Waals surface area contributed by atoms with Crippen LogP contribution in [0.3, 0.4) is 0 Å². The van der Waals surface area contributed by atoms with Crippen LogP contribution in [0.5, 0.6) is 0 Å². The maximum atomic E-state index is 12.8. The number of thioether (sulfide) groups is 1. The van der Waals surface area contributed by atoms with E-state index in [0.29, 0.717) is 6.54 Å². The van der Waals surface area contributed by atoms with Gasteiger partial charge in [0.05, 0.1) is 11.1 Å². The van der Waals surface area contributed by atoms with Crippen molar-refractivity contribution in [3.63, 3.8) is 0 Å². The molecule has 0 aliphatic carbocycles. The predicted molar refractivity (Wildman–Crippen MR) is 73.0 cm³/mol. The fourth-order valence-electron chi connectivity index (χ4n) is 1.16. The molecule has 0 radical (unpaired) electrons. The minimum absolute atomic E-state index is 0.146. The minimum atomic E-state index is -1.35. The van der Waals surface area contributed by atoms with Crippen molar-refractivity contribution >= 4 is 23.6 Å². The summed E-state index contributed by atoms with van der Waals surface area (Å²) in [6, 6.07) is 0. The highest BCUT2D eigenvalue weighted by atomic mass is 32.2. The van der Waals surface area contributed by atoms with Gasteiger partial charge >= 0.3 is 5.97 Å². The van der Waals surface area contributed by atoms with E-state index in [2.05, 4.69) is 5.32 Å². The monoisotopic (exact) mass is 279 g/mol. The molecular formula is C11H22FN3O2S. The molecule has 0 saturated heterocycles. The van der Waals surface area contributed by atoms with Crippen molar-refractivity contribution in [1.82, 2.24) is 5.32 Å². The Morgan fingerprint density at radius 1 is 1.61 bits per heavy atom. The summed E-state index contributed by atoms with van der Waals surface area (Å²) in [5.74, 6) is -0.901. The second kappa shape index (κ2) is 7.58. The standard InChI is InChI=1S/C11H22FN3O2S/c1-7(2)11(14,10(16)17)6-18-9(4-12)5-15-8(3)13/h7,9H,4-6,14H2,1-3H3,(H2,13,15)(H,16,17)/t9-,11-/m1/s1. The van der Waals surface area contributed by atoms with E-state index in [9.17, 15) is 9.18 Å². The summed E-state index contributed by atoms with van der Waals surface area (Å²) >= 11 is 1.19. The zero-order valence-corrected chi connectivity index (χ0v) is 11.8. The van der Waals surface area contributed by atoms with Gasteiger partial charge in [0.25, 0.3) is 0 Å². The van der Waals surface area contributed by atoms with E-state index in [0.717, 1.165) is 0 Å². The summed E-state index contributed by atoms with van der Waals surface area (Å²) < 4.78 is 12.8. The van der Waals surface area contributed by atoms with Gasteiger partial charge in [-0.1, -0.05) is 13.8 Å². The van der Waals surface area contributed by atoms with E-state index >= 15 is 0 Å². The van der Waals surface area contributed by atoms with Crippen molar-refractivity contribution in [2.75, 3.05) is 19.0 Å². The highest BCUT2D eigenvalue weighted by molar-refractivity contribution is 8.00. The van der Waals surface area contributed by atoms with Gasteiger partial charge in [-0.25, -0.2) is 4.39 Å². The van der Waals surface area contributed by atoms with Gasteiger partial charge < -0.3 is 16.2 Å². The molecule has 0 aliphatic rings. The average Bonchev–Trinajstić information content (AvgIpc) is 2.27. The summed E-state index contributed by atoms with van der Waals surface area (Å²) in [6.07, 6.45) is 0. The Bertz CT molecular complexity index is 302. The van der Waals surface area contributed by atoms with Crippen molar-refractivity contribution in [3.8, 4) is 0 Å².